The predicted octanol–water partition coefficient (Wildman–Crippen LogP) is 6.01. The van der Waals surface area contributed by atoms with E-state index in [4.69, 9.17) is 18.9 Å². The molecule has 0 unspecified atom stereocenters. The highest BCUT2D eigenvalue weighted by atomic mass is 79.9. The number of amides is 1. The fraction of sp³-hybridized carbons (Fsp3) is 0.280. The molecule has 3 aromatic rings. The number of nitrogens with one attached hydrogen (secondary N) is 1. The monoisotopic (exact) mass is 547 g/mol. The number of carbonyl (C=O) groups is 2. The van der Waals surface area contributed by atoms with E-state index < -0.39 is 5.97 Å². The zero-order chi connectivity index (χ0) is 24.8. The molecule has 1 heterocycles. The lowest BCUT2D eigenvalue weighted by molar-refractivity contribution is -0.118. The molecule has 0 saturated carbocycles. The molecule has 0 spiro atoms. The minimum Gasteiger partial charge on any atom is -0.493 e. The topological polar surface area (TPSA) is 83.1 Å². The summed E-state index contributed by atoms with van der Waals surface area (Å²) in [5.74, 6) is 0.849. The molecule has 7 nitrogen and oxygen atoms in total. The number of ether oxygens (including phenoxy) is 4. The van der Waals surface area contributed by atoms with Crippen LogP contribution in [0, 0.1) is 13.8 Å². The number of methoxy groups -OCH3 is 2. The Morgan fingerprint density at radius 3 is 2.32 bits per heavy atom. The molecule has 0 aliphatic heterocycles. The second kappa shape index (κ2) is 11.4. The summed E-state index contributed by atoms with van der Waals surface area (Å²) in [6.45, 7) is 5.57. The summed E-state index contributed by atoms with van der Waals surface area (Å²) in [4.78, 5) is 25.5. The highest BCUT2D eigenvalue weighted by Crippen LogP contribution is 2.39. The van der Waals surface area contributed by atoms with Crippen molar-refractivity contribution in [3.05, 3.63) is 56.9 Å². The molecule has 3 rings (SSSR count). The summed E-state index contributed by atoms with van der Waals surface area (Å²) in [6.07, 6.45) is 0. The van der Waals surface area contributed by atoms with Crippen LogP contribution in [-0.4, -0.2) is 39.3 Å². The Balaban J connectivity index is 1.87. The largest absolute Gasteiger partial charge is 0.493 e. The van der Waals surface area contributed by atoms with Crippen LogP contribution < -0.4 is 19.5 Å². The first-order valence-corrected chi connectivity index (χ1v) is 12.2. The number of anilines is 1. The Labute approximate surface area is 211 Å². The van der Waals surface area contributed by atoms with Crippen molar-refractivity contribution in [1.82, 2.24) is 0 Å². The van der Waals surface area contributed by atoms with Gasteiger partial charge >= 0.3 is 5.97 Å². The summed E-state index contributed by atoms with van der Waals surface area (Å²) in [7, 11) is 3.10. The van der Waals surface area contributed by atoms with Crippen LogP contribution in [0.25, 0.3) is 11.1 Å². The van der Waals surface area contributed by atoms with Crippen molar-refractivity contribution in [2.75, 3.05) is 32.8 Å². The predicted molar refractivity (Wildman–Crippen MR) is 137 cm³/mol. The third-order valence-corrected chi connectivity index (χ3v) is 6.34. The number of carbonyl (C=O) groups excluding carboxylic acids is 2. The van der Waals surface area contributed by atoms with Crippen molar-refractivity contribution in [1.29, 1.82) is 0 Å². The van der Waals surface area contributed by atoms with Gasteiger partial charge in [0.05, 0.1) is 20.8 Å². The van der Waals surface area contributed by atoms with Gasteiger partial charge in [-0.25, -0.2) is 4.79 Å². The van der Waals surface area contributed by atoms with Crippen LogP contribution in [0.2, 0.25) is 0 Å². The van der Waals surface area contributed by atoms with Gasteiger partial charge in [-0.15, -0.1) is 11.3 Å². The molecule has 34 heavy (non-hydrogen) atoms. The number of thiophene rings is 1. The van der Waals surface area contributed by atoms with Gasteiger partial charge in [-0.3, -0.25) is 4.79 Å². The first-order valence-electron chi connectivity index (χ1n) is 10.5. The van der Waals surface area contributed by atoms with E-state index in [1.54, 1.807) is 38.7 Å². The van der Waals surface area contributed by atoms with E-state index in [1.807, 2.05) is 32.0 Å². The second-order valence-corrected chi connectivity index (χ2v) is 9.14. The van der Waals surface area contributed by atoms with Crippen molar-refractivity contribution >= 4 is 44.1 Å². The molecule has 180 valence electrons. The molecule has 9 heteroatoms. The molecule has 0 saturated heterocycles. The van der Waals surface area contributed by atoms with Gasteiger partial charge < -0.3 is 24.3 Å². The lowest BCUT2D eigenvalue weighted by Crippen LogP contribution is -2.21. The fourth-order valence-corrected chi connectivity index (χ4v) is 5.16. The molecule has 1 aromatic heterocycles. The van der Waals surface area contributed by atoms with Crippen LogP contribution in [-0.2, 0) is 9.53 Å². The van der Waals surface area contributed by atoms with Gasteiger partial charge in [-0.05, 0) is 61.7 Å². The lowest BCUT2D eigenvalue weighted by atomic mass is 10.0. The van der Waals surface area contributed by atoms with Crippen LogP contribution in [0.5, 0.6) is 17.2 Å². The van der Waals surface area contributed by atoms with Crippen LogP contribution in [0.1, 0.15) is 28.4 Å². The Morgan fingerprint density at radius 2 is 1.71 bits per heavy atom. The van der Waals surface area contributed by atoms with Gasteiger partial charge in [0.2, 0.25) is 0 Å². The highest BCUT2D eigenvalue weighted by Gasteiger charge is 2.24. The highest BCUT2D eigenvalue weighted by molar-refractivity contribution is 9.10. The number of rotatable bonds is 9. The third kappa shape index (κ3) is 5.71. The van der Waals surface area contributed by atoms with Gasteiger partial charge in [0.1, 0.15) is 16.3 Å². The maximum atomic E-state index is 12.8. The Bertz CT molecular complexity index is 1180. The van der Waals surface area contributed by atoms with Crippen LogP contribution in [0.4, 0.5) is 5.00 Å². The summed E-state index contributed by atoms with van der Waals surface area (Å²) in [5, 5.41) is 4.99. The van der Waals surface area contributed by atoms with E-state index in [9.17, 15) is 9.59 Å². The minimum atomic E-state index is -0.524. The van der Waals surface area contributed by atoms with E-state index in [0.29, 0.717) is 27.8 Å². The Hall–Kier alpha value is -3.04. The van der Waals surface area contributed by atoms with Crippen molar-refractivity contribution in [2.45, 2.75) is 20.8 Å². The fourth-order valence-electron chi connectivity index (χ4n) is 3.50. The van der Waals surface area contributed by atoms with Crippen LogP contribution in [0.15, 0.2) is 40.2 Å². The second-order valence-electron chi connectivity index (χ2n) is 7.35. The van der Waals surface area contributed by atoms with E-state index in [0.717, 1.165) is 21.2 Å². The maximum Gasteiger partial charge on any atom is 0.341 e. The van der Waals surface area contributed by atoms with Crippen molar-refractivity contribution < 1.29 is 28.5 Å². The van der Waals surface area contributed by atoms with Gasteiger partial charge in [0, 0.05) is 15.4 Å². The number of benzene rings is 2. The number of hydrogen-bond donors (Lipinski definition) is 1. The number of esters is 1. The smallest absolute Gasteiger partial charge is 0.341 e. The van der Waals surface area contributed by atoms with Crippen LogP contribution >= 0.6 is 27.3 Å². The molecule has 0 radical (unpaired) electrons. The number of hydrogen-bond acceptors (Lipinski definition) is 7. The molecule has 0 atom stereocenters. The third-order valence-electron chi connectivity index (χ3n) is 4.99. The Kier molecular flexibility index (Phi) is 8.57. The van der Waals surface area contributed by atoms with Gasteiger partial charge in [-0.1, -0.05) is 22.0 Å². The summed E-state index contributed by atoms with van der Waals surface area (Å²) < 4.78 is 22.7. The molecule has 0 aliphatic rings. The van der Waals surface area contributed by atoms with E-state index in [1.165, 1.54) is 11.3 Å². The molecule has 1 amide bonds. The molecular weight excluding hydrogens is 522 g/mol. The van der Waals surface area contributed by atoms with Crippen molar-refractivity contribution in [3.63, 3.8) is 0 Å². The summed E-state index contributed by atoms with van der Waals surface area (Å²) in [5.41, 5.74) is 3.47. The molecule has 0 aliphatic carbocycles. The molecule has 0 bridgehead atoms. The molecule has 1 N–H and O–H groups in total. The van der Waals surface area contributed by atoms with E-state index in [2.05, 4.69) is 21.2 Å². The molecular formula is C25H26BrNO6S. The standard InChI is InChI=1S/C25H26BrNO6S/c1-6-32-25(29)22-18(16-7-8-19(30-4)20(11-16)31-5)13-34-24(22)27-21(28)12-33-23-14(2)9-17(26)10-15(23)3/h7-11,13H,6,12H2,1-5H3,(H,27,28). The van der Waals surface area contributed by atoms with Crippen molar-refractivity contribution in [3.8, 4) is 28.4 Å². The van der Waals surface area contributed by atoms with Crippen LogP contribution in [0.3, 0.4) is 0 Å². The normalized spacial score (nSPS) is 10.5. The zero-order valence-corrected chi connectivity index (χ0v) is 22.0. The first-order chi connectivity index (χ1) is 16.3. The number of halogens is 1. The molecule has 0 fully saturated rings. The molecule has 2 aromatic carbocycles. The van der Waals surface area contributed by atoms with Gasteiger partial charge in [0.15, 0.2) is 18.1 Å². The lowest BCUT2D eigenvalue weighted by Gasteiger charge is -2.13. The average Bonchev–Trinajstić information content (AvgIpc) is 3.21. The first kappa shape index (κ1) is 25.6. The Morgan fingerprint density at radius 1 is 1.03 bits per heavy atom. The maximum absolute atomic E-state index is 12.8. The number of aryl methyl sites for hydroxylation is 2. The zero-order valence-electron chi connectivity index (χ0n) is 19.6. The summed E-state index contributed by atoms with van der Waals surface area (Å²) >= 11 is 4.69. The van der Waals surface area contributed by atoms with Gasteiger partial charge in [0.25, 0.3) is 5.91 Å². The van der Waals surface area contributed by atoms with E-state index in [-0.39, 0.29) is 24.7 Å². The quantitative estimate of drug-likeness (QED) is 0.330. The summed E-state index contributed by atoms with van der Waals surface area (Å²) in [6, 6.07) is 9.20. The van der Waals surface area contributed by atoms with Gasteiger partial charge in [-0.2, -0.15) is 0 Å². The minimum absolute atomic E-state index is 0.199. The average molecular weight is 548 g/mol. The van der Waals surface area contributed by atoms with Crippen molar-refractivity contribution in [2.24, 2.45) is 0 Å². The van der Waals surface area contributed by atoms with E-state index >= 15 is 0 Å². The SMILES string of the molecule is CCOC(=O)c1c(-c2ccc(OC)c(OC)c2)csc1NC(=O)COc1c(C)cc(Br)cc1C.